The molecule has 180 valence electrons. The summed E-state index contributed by atoms with van der Waals surface area (Å²) in [4.78, 5) is 20.3. The Hall–Kier alpha value is -0.970. The predicted octanol–water partition coefficient (Wildman–Crippen LogP) is 1.56. The Labute approximate surface area is 190 Å². The molecule has 0 aromatic heterocycles. The third-order valence-electron chi connectivity index (χ3n) is 8.87. The molecule has 0 radical (unpaired) electrons. The molecule has 0 bridgehead atoms. The third kappa shape index (κ3) is 4.28. The Kier molecular flexibility index (Phi) is 6.30. The number of amides is 1. The third-order valence-corrected chi connectivity index (χ3v) is 8.87. The minimum Gasteiger partial charge on any atom is -0.446 e. The Bertz CT molecular complexity index is 665. The largest absolute Gasteiger partial charge is 0.446 e. The predicted molar refractivity (Wildman–Crippen MR) is 117 cm³/mol. The van der Waals surface area contributed by atoms with Gasteiger partial charge in [-0.25, -0.2) is 9.80 Å². The molecule has 6 fully saturated rings. The first-order valence-corrected chi connectivity index (χ1v) is 13.0. The first-order valence-electron chi connectivity index (χ1n) is 13.0. The smallest absolute Gasteiger partial charge is 0.410 e. The average Bonchev–Trinajstić information content (AvgIpc) is 3.56. The van der Waals surface area contributed by atoms with Gasteiger partial charge in [-0.05, 0) is 69.6 Å². The Morgan fingerprint density at radius 1 is 0.969 bits per heavy atom. The maximum Gasteiger partial charge on any atom is 0.410 e. The van der Waals surface area contributed by atoms with Gasteiger partial charge in [0.05, 0.1) is 18.8 Å². The summed E-state index contributed by atoms with van der Waals surface area (Å²) >= 11 is 0. The lowest BCUT2D eigenvalue weighted by Gasteiger charge is -2.39. The van der Waals surface area contributed by atoms with E-state index in [1.165, 1.54) is 25.7 Å². The van der Waals surface area contributed by atoms with E-state index >= 15 is 0 Å². The van der Waals surface area contributed by atoms with Crippen LogP contribution in [0.15, 0.2) is 0 Å². The van der Waals surface area contributed by atoms with Gasteiger partial charge >= 0.3 is 6.09 Å². The van der Waals surface area contributed by atoms with Crippen LogP contribution in [-0.2, 0) is 14.3 Å². The number of hydrazine groups is 1. The summed E-state index contributed by atoms with van der Waals surface area (Å²) in [5.74, 6) is 1.75. The van der Waals surface area contributed by atoms with Gasteiger partial charge in [0.2, 0.25) is 0 Å². The van der Waals surface area contributed by atoms with E-state index in [0.29, 0.717) is 23.9 Å². The van der Waals surface area contributed by atoms with Gasteiger partial charge in [0.1, 0.15) is 12.3 Å². The standard InChI is InChI=1S/C23H39N5O4/c29-23(31-19-2-1-3-19)27-9-6-15(7-10-27)21-25-22(32-26-21)16-4-5-17-13-24-28(20(17)12-16)18-8-11-30-14-18/h15-22,24-26H,1-14H2. The summed E-state index contributed by atoms with van der Waals surface area (Å²) in [6, 6.07) is 1.11. The van der Waals surface area contributed by atoms with Crippen molar-refractivity contribution in [3.63, 3.8) is 0 Å². The number of rotatable bonds is 4. The average molecular weight is 450 g/mol. The molecule has 0 aromatic carbocycles. The monoisotopic (exact) mass is 449 g/mol. The molecule has 4 heterocycles. The van der Waals surface area contributed by atoms with Gasteiger partial charge < -0.3 is 14.4 Å². The van der Waals surface area contributed by atoms with Crippen LogP contribution < -0.4 is 16.2 Å². The van der Waals surface area contributed by atoms with Crippen molar-refractivity contribution in [2.24, 2.45) is 17.8 Å². The summed E-state index contributed by atoms with van der Waals surface area (Å²) < 4.78 is 11.2. The van der Waals surface area contributed by atoms with Crippen molar-refractivity contribution in [2.75, 3.05) is 32.8 Å². The fourth-order valence-electron chi connectivity index (χ4n) is 6.55. The van der Waals surface area contributed by atoms with Gasteiger partial charge in [0, 0.05) is 38.2 Å². The van der Waals surface area contributed by atoms with E-state index in [0.717, 1.165) is 70.9 Å². The van der Waals surface area contributed by atoms with Gasteiger partial charge in [-0.3, -0.25) is 15.6 Å². The second-order valence-corrected chi connectivity index (χ2v) is 10.7. The second kappa shape index (κ2) is 9.35. The highest BCUT2D eigenvalue weighted by atomic mass is 16.7. The number of nitrogens with zero attached hydrogens (tertiary/aromatic N) is 2. The fraction of sp³-hybridized carbons (Fsp3) is 0.957. The number of hydrogen-bond acceptors (Lipinski definition) is 8. The first-order chi connectivity index (χ1) is 15.7. The van der Waals surface area contributed by atoms with Gasteiger partial charge in [-0.15, -0.1) is 0 Å². The molecule has 2 saturated carbocycles. The minimum absolute atomic E-state index is 0.0739. The molecule has 6 rings (SSSR count). The number of likely N-dealkylation sites (tertiary alicyclic amines) is 1. The number of fused-ring (bicyclic) bond motifs is 1. The Morgan fingerprint density at radius 2 is 1.81 bits per heavy atom. The Morgan fingerprint density at radius 3 is 2.56 bits per heavy atom. The topological polar surface area (TPSA) is 87.3 Å². The normalized spacial score (nSPS) is 41.6. The molecule has 32 heavy (non-hydrogen) atoms. The summed E-state index contributed by atoms with van der Waals surface area (Å²) in [6.07, 6.45) is 10.3. The maximum absolute atomic E-state index is 12.3. The van der Waals surface area contributed by atoms with Gasteiger partial charge in [-0.1, -0.05) is 0 Å². The van der Waals surface area contributed by atoms with Crippen LogP contribution in [0.4, 0.5) is 4.79 Å². The van der Waals surface area contributed by atoms with Gasteiger partial charge in [0.15, 0.2) is 0 Å². The zero-order valence-corrected chi connectivity index (χ0v) is 19.0. The molecule has 0 aromatic rings. The van der Waals surface area contributed by atoms with Crippen LogP contribution in [-0.4, -0.2) is 79.4 Å². The molecule has 3 N–H and O–H groups in total. The van der Waals surface area contributed by atoms with E-state index in [1.54, 1.807) is 0 Å². The molecule has 4 aliphatic heterocycles. The molecule has 6 atom stereocenters. The van der Waals surface area contributed by atoms with Crippen molar-refractivity contribution >= 4 is 6.09 Å². The Balaban J connectivity index is 0.981. The van der Waals surface area contributed by atoms with Gasteiger partial charge in [-0.2, -0.15) is 5.48 Å². The van der Waals surface area contributed by atoms with Crippen molar-refractivity contribution in [3.8, 4) is 0 Å². The lowest BCUT2D eigenvalue weighted by molar-refractivity contribution is -0.0398. The quantitative estimate of drug-likeness (QED) is 0.596. The molecule has 1 amide bonds. The van der Waals surface area contributed by atoms with Crippen molar-refractivity contribution in [1.82, 2.24) is 26.1 Å². The lowest BCUT2D eigenvalue weighted by Crippen LogP contribution is -2.51. The molecule has 0 spiro atoms. The molecule has 6 unspecified atom stereocenters. The second-order valence-electron chi connectivity index (χ2n) is 10.7. The summed E-state index contributed by atoms with van der Waals surface area (Å²) in [7, 11) is 0. The summed E-state index contributed by atoms with van der Waals surface area (Å²) in [5.41, 5.74) is 6.98. The number of nitrogens with one attached hydrogen (secondary N) is 3. The van der Waals surface area contributed by atoms with Crippen molar-refractivity contribution < 1.29 is 19.1 Å². The minimum atomic E-state index is -0.117. The van der Waals surface area contributed by atoms with Crippen LogP contribution in [0.2, 0.25) is 0 Å². The fourth-order valence-corrected chi connectivity index (χ4v) is 6.55. The summed E-state index contributed by atoms with van der Waals surface area (Å²) in [5, 5.41) is 6.27. The molecule has 6 aliphatic rings. The van der Waals surface area contributed by atoms with Crippen molar-refractivity contribution in [2.45, 2.75) is 88.4 Å². The number of piperidine rings is 1. The highest BCUT2D eigenvalue weighted by Crippen LogP contribution is 2.39. The van der Waals surface area contributed by atoms with E-state index < -0.39 is 0 Å². The van der Waals surface area contributed by atoms with Crippen molar-refractivity contribution in [3.05, 3.63) is 0 Å². The molecule has 9 heteroatoms. The SMILES string of the molecule is O=C(OC1CCC1)N1CCC(C2NOC(C3CCC4CNN(C5CCOC5)C4C3)N2)CC1. The number of ether oxygens (including phenoxy) is 2. The van der Waals surface area contributed by atoms with Crippen LogP contribution in [0.3, 0.4) is 0 Å². The molecular weight excluding hydrogens is 410 g/mol. The van der Waals surface area contributed by atoms with Crippen LogP contribution in [0.25, 0.3) is 0 Å². The van der Waals surface area contributed by atoms with E-state index in [1.807, 2.05) is 4.90 Å². The molecule has 2 aliphatic carbocycles. The van der Waals surface area contributed by atoms with Crippen molar-refractivity contribution in [1.29, 1.82) is 0 Å². The summed E-state index contributed by atoms with van der Waals surface area (Å²) in [6.45, 7) is 4.40. The first kappa shape index (κ1) is 21.6. The highest BCUT2D eigenvalue weighted by Gasteiger charge is 2.46. The maximum atomic E-state index is 12.3. The van der Waals surface area contributed by atoms with E-state index in [-0.39, 0.29) is 24.6 Å². The number of hydrogen-bond donors (Lipinski definition) is 3. The molecule has 9 nitrogen and oxygen atoms in total. The highest BCUT2D eigenvalue weighted by molar-refractivity contribution is 5.68. The zero-order chi connectivity index (χ0) is 21.5. The number of hydroxylamine groups is 1. The number of carbonyl (C=O) groups is 1. The van der Waals surface area contributed by atoms with E-state index in [9.17, 15) is 4.79 Å². The zero-order valence-electron chi connectivity index (χ0n) is 19.0. The lowest BCUT2D eigenvalue weighted by atomic mass is 9.77. The van der Waals surface area contributed by atoms with Crippen LogP contribution >= 0.6 is 0 Å². The van der Waals surface area contributed by atoms with Crippen LogP contribution in [0, 0.1) is 17.8 Å². The molecule has 4 saturated heterocycles. The van der Waals surface area contributed by atoms with E-state index in [4.69, 9.17) is 14.3 Å². The number of carbonyl (C=O) groups excluding carboxylic acids is 1. The van der Waals surface area contributed by atoms with Gasteiger partial charge in [0.25, 0.3) is 0 Å². The molecular formula is C23H39N5O4. The van der Waals surface area contributed by atoms with E-state index in [2.05, 4.69) is 21.2 Å². The van der Waals surface area contributed by atoms with Crippen LogP contribution in [0.5, 0.6) is 0 Å². The van der Waals surface area contributed by atoms with Crippen LogP contribution in [0.1, 0.15) is 57.8 Å².